The number of fused-ring (bicyclic) bond motifs is 8. The summed E-state index contributed by atoms with van der Waals surface area (Å²) in [5.41, 5.74) is 9.77. The molecule has 0 aromatic heterocycles. The number of amides is 1. The number of esters is 1. The molecule has 0 aliphatic heterocycles. The Morgan fingerprint density at radius 1 is 0.722 bits per heavy atom. The van der Waals surface area contributed by atoms with Crippen molar-refractivity contribution in [2.75, 3.05) is 19.5 Å². The number of ether oxygens (including phenoxy) is 3. The Bertz CT molecular complexity index is 2620. The first kappa shape index (κ1) is 50.3. The van der Waals surface area contributed by atoms with Crippen molar-refractivity contribution in [3.05, 3.63) is 173 Å². The van der Waals surface area contributed by atoms with Crippen LogP contribution < -0.4 is 10.1 Å². The van der Waals surface area contributed by atoms with Gasteiger partial charge in [0.1, 0.15) is 24.5 Å². The number of carbonyl (C=O) groups excluding carboxylic acids is 2. The number of thioether (sulfide) groups is 1. The molecule has 0 heterocycles. The molecule has 3 saturated carbocycles. The normalized spacial score (nSPS) is 26.2. The summed E-state index contributed by atoms with van der Waals surface area (Å²) in [6, 6.07) is 44.7. The molecular weight excluding hydrogens is 907 g/mol. The standard InChI is InChI=1S/C65H77NO5S/c1-43(2)18-17-19-44(3)57-34-35-58-55-33-30-48-40-50(36-38-63(48,4)59(55)37-39-64(57,58)5)71-61(67)60(66-62(68)70-41-56-53-26-15-13-24-51(53)52-25-14-16-27-54(52)56)42-72-65(45-20-9-7-10-21-45,46-22-11-8-12-23-46)47-28-31-49(69-6)32-29-47/h7-16,20-32,43-44,50,55-60H,17-19,33-42H2,1-6H3,(H,66,68)/t44-,50+,55+,57-,58+,59+,60+,63+,64-/m1/s1. The van der Waals surface area contributed by atoms with E-state index in [0.717, 1.165) is 100.0 Å². The van der Waals surface area contributed by atoms with E-state index in [1.807, 2.05) is 36.4 Å². The van der Waals surface area contributed by atoms with Gasteiger partial charge in [-0.3, -0.25) is 0 Å². The lowest BCUT2D eigenvalue weighted by Gasteiger charge is -2.58. The van der Waals surface area contributed by atoms with Crippen molar-refractivity contribution in [3.8, 4) is 16.9 Å². The van der Waals surface area contributed by atoms with E-state index in [1.54, 1.807) is 18.9 Å². The summed E-state index contributed by atoms with van der Waals surface area (Å²) >= 11 is 1.63. The van der Waals surface area contributed by atoms with E-state index in [-0.39, 0.29) is 29.8 Å². The minimum atomic E-state index is -0.993. The van der Waals surface area contributed by atoms with Crippen LogP contribution in [0.4, 0.5) is 4.79 Å². The predicted octanol–water partition coefficient (Wildman–Crippen LogP) is 15.6. The number of rotatable bonds is 17. The fourth-order valence-electron chi connectivity index (χ4n) is 15.1. The largest absolute Gasteiger partial charge is 0.497 e. The zero-order valence-electron chi connectivity index (χ0n) is 43.6. The van der Waals surface area contributed by atoms with E-state index in [0.29, 0.717) is 11.3 Å². The van der Waals surface area contributed by atoms with Crippen LogP contribution in [0.5, 0.6) is 5.75 Å². The Morgan fingerprint density at radius 3 is 1.99 bits per heavy atom. The first-order valence-electron chi connectivity index (χ1n) is 27.3. The summed E-state index contributed by atoms with van der Waals surface area (Å²) in [5, 5.41) is 3.09. The van der Waals surface area contributed by atoms with Crippen LogP contribution in [0.25, 0.3) is 11.1 Å². The second-order valence-electron chi connectivity index (χ2n) is 23.1. The molecule has 0 unspecified atom stereocenters. The minimum Gasteiger partial charge on any atom is -0.497 e. The van der Waals surface area contributed by atoms with Crippen LogP contribution in [0.1, 0.15) is 139 Å². The summed E-state index contributed by atoms with van der Waals surface area (Å²) in [7, 11) is 1.68. The predicted molar refractivity (Wildman–Crippen MR) is 293 cm³/mol. The molecule has 1 amide bonds. The summed E-state index contributed by atoms with van der Waals surface area (Å²) < 4.78 is 17.7. The third kappa shape index (κ3) is 9.57. The van der Waals surface area contributed by atoms with Crippen molar-refractivity contribution < 1.29 is 23.8 Å². The molecule has 0 radical (unpaired) electrons. The first-order chi connectivity index (χ1) is 34.9. The van der Waals surface area contributed by atoms with Crippen LogP contribution in [0, 0.1) is 46.3 Å². The van der Waals surface area contributed by atoms with Gasteiger partial charge in [0.05, 0.1) is 11.9 Å². The molecule has 7 heteroatoms. The fourth-order valence-corrected chi connectivity index (χ4v) is 16.6. The van der Waals surface area contributed by atoms with Crippen molar-refractivity contribution in [2.24, 2.45) is 46.3 Å². The molecule has 5 aromatic rings. The maximum atomic E-state index is 15.0. The van der Waals surface area contributed by atoms with Crippen molar-refractivity contribution in [1.82, 2.24) is 5.32 Å². The summed E-state index contributed by atoms with van der Waals surface area (Å²) in [6.45, 7) is 12.6. The molecular formula is C65H77NO5S. The van der Waals surface area contributed by atoms with Gasteiger partial charge in [-0.05, 0) is 142 Å². The zero-order chi connectivity index (χ0) is 50.0. The second kappa shape index (κ2) is 21.3. The number of nitrogens with one attached hydrogen (secondary N) is 1. The van der Waals surface area contributed by atoms with Crippen molar-refractivity contribution >= 4 is 23.8 Å². The maximum Gasteiger partial charge on any atom is 0.407 e. The Labute approximate surface area is 434 Å². The topological polar surface area (TPSA) is 73.9 Å². The van der Waals surface area contributed by atoms with Gasteiger partial charge in [-0.25, -0.2) is 9.59 Å². The molecule has 5 aliphatic carbocycles. The highest BCUT2D eigenvalue weighted by molar-refractivity contribution is 8.00. The molecule has 72 heavy (non-hydrogen) atoms. The highest BCUT2D eigenvalue weighted by Gasteiger charge is 2.59. The lowest BCUT2D eigenvalue weighted by Crippen LogP contribution is -2.51. The maximum absolute atomic E-state index is 15.0. The lowest BCUT2D eigenvalue weighted by molar-refractivity contribution is -0.153. The highest BCUT2D eigenvalue weighted by atomic mass is 32.2. The van der Waals surface area contributed by atoms with Crippen molar-refractivity contribution in [3.63, 3.8) is 0 Å². The average molecular weight is 984 g/mol. The van der Waals surface area contributed by atoms with Crippen LogP contribution in [0.15, 0.2) is 145 Å². The zero-order valence-corrected chi connectivity index (χ0v) is 44.4. The van der Waals surface area contributed by atoms with Crippen LogP contribution >= 0.6 is 11.8 Å². The van der Waals surface area contributed by atoms with Gasteiger partial charge in [0.15, 0.2) is 0 Å². The van der Waals surface area contributed by atoms with E-state index in [9.17, 15) is 4.79 Å². The number of benzene rings is 5. The molecule has 0 saturated heterocycles. The van der Waals surface area contributed by atoms with E-state index in [1.165, 1.54) is 50.5 Å². The van der Waals surface area contributed by atoms with Gasteiger partial charge >= 0.3 is 12.1 Å². The molecule has 0 bridgehead atoms. The molecule has 5 aliphatic rings. The van der Waals surface area contributed by atoms with E-state index < -0.39 is 22.9 Å². The van der Waals surface area contributed by atoms with E-state index in [4.69, 9.17) is 14.2 Å². The monoisotopic (exact) mass is 984 g/mol. The highest BCUT2D eigenvalue weighted by Crippen LogP contribution is 2.67. The van der Waals surface area contributed by atoms with E-state index >= 15 is 4.79 Å². The van der Waals surface area contributed by atoms with Crippen LogP contribution in [0.2, 0.25) is 0 Å². The molecule has 6 nitrogen and oxygen atoms in total. The van der Waals surface area contributed by atoms with Crippen LogP contribution in [-0.4, -0.2) is 43.7 Å². The van der Waals surface area contributed by atoms with Gasteiger partial charge in [-0.15, -0.1) is 11.8 Å². The molecule has 0 spiro atoms. The summed E-state index contributed by atoms with van der Waals surface area (Å²) in [6.07, 6.45) is 14.9. The van der Waals surface area contributed by atoms with Crippen LogP contribution in [0.3, 0.4) is 0 Å². The molecule has 5 aromatic carbocycles. The number of allylic oxidation sites excluding steroid dienone is 1. The molecule has 10 rings (SSSR count). The lowest BCUT2D eigenvalue weighted by atomic mass is 9.47. The minimum absolute atomic E-state index is 0.113. The SMILES string of the molecule is COc1ccc(C(SC[C@H](NC(=O)OCC2c3ccccc3-c3ccccc32)C(=O)O[C@H]2CC[C@@]3(C)C(=CC[C@H]4[C@@H]5CC[C@H]([C@H](C)CCCC(C)C)[C@@]5(C)CC[C@@H]43)C2)(c2ccccc2)c2ccccc2)cc1. The van der Waals surface area contributed by atoms with Gasteiger partial charge in [0, 0.05) is 18.1 Å². The summed E-state index contributed by atoms with van der Waals surface area (Å²) in [5.74, 6) is 5.05. The molecule has 378 valence electrons. The van der Waals surface area contributed by atoms with Crippen molar-refractivity contribution in [2.45, 2.75) is 128 Å². The Balaban J connectivity index is 0.895. The quantitative estimate of drug-likeness (QED) is 0.0568. The summed E-state index contributed by atoms with van der Waals surface area (Å²) in [4.78, 5) is 29.3. The number of carbonyl (C=O) groups is 2. The molecule has 9 atom stereocenters. The average Bonchev–Trinajstić information content (AvgIpc) is 3.93. The number of hydrogen-bond acceptors (Lipinski definition) is 6. The Hall–Kier alpha value is -5.27. The number of hydrogen-bond donors (Lipinski definition) is 1. The van der Waals surface area contributed by atoms with Gasteiger partial charge in [-0.2, -0.15) is 0 Å². The Kier molecular flexibility index (Phi) is 14.9. The second-order valence-corrected chi connectivity index (χ2v) is 24.3. The first-order valence-corrected chi connectivity index (χ1v) is 28.3. The van der Waals surface area contributed by atoms with Crippen LogP contribution in [-0.2, 0) is 19.0 Å². The number of methoxy groups -OCH3 is 1. The van der Waals surface area contributed by atoms with Gasteiger partial charge in [0.25, 0.3) is 0 Å². The van der Waals surface area contributed by atoms with Gasteiger partial charge < -0.3 is 19.5 Å². The molecule has 3 fully saturated rings. The van der Waals surface area contributed by atoms with E-state index in [2.05, 4.69) is 143 Å². The van der Waals surface area contributed by atoms with Crippen molar-refractivity contribution in [1.29, 1.82) is 0 Å². The molecule has 1 N–H and O–H groups in total. The third-order valence-corrected chi connectivity index (χ3v) is 20.4. The smallest absolute Gasteiger partial charge is 0.407 e. The Morgan fingerprint density at radius 2 is 1.35 bits per heavy atom. The number of alkyl carbamates (subject to hydrolysis) is 1. The fraction of sp³-hybridized carbons (Fsp3) is 0.477. The van der Waals surface area contributed by atoms with Gasteiger partial charge in [-0.1, -0.05) is 187 Å². The van der Waals surface area contributed by atoms with Gasteiger partial charge in [0.2, 0.25) is 0 Å². The third-order valence-electron chi connectivity index (χ3n) is 18.8.